The van der Waals surface area contributed by atoms with Crippen LogP contribution in [0.3, 0.4) is 0 Å². The summed E-state index contributed by atoms with van der Waals surface area (Å²) in [6, 6.07) is 1.68. The number of hydrogen-bond acceptors (Lipinski definition) is 3. The van der Waals surface area contributed by atoms with Crippen LogP contribution >= 0.6 is 0 Å². The lowest BCUT2D eigenvalue weighted by atomic mass is 10.1. The number of nitrogens with one attached hydrogen (secondary N) is 1. The van der Waals surface area contributed by atoms with E-state index >= 15 is 0 Å². The second kappa shape index (κ2) is 6.59. The number of benzene rings is 1. The molecule has 0 amide bonds. The fraction of sp³-hybridized carbons (Fsp3) is 0.438. The monoisotopic (exact) mass is 341 g/mol. The van der Waals surface area contributed by atoms with Gasteiger partial charge in [-0.05, 0) is 40.7 Å². The maximum atomic E-state index is 14.4. The molecular formula is C16H21F2N3OS. The molecule has 2 atom stereocenters. The van der Waals surface area contributed by atoms with Crippen LogP contribution < -0.4 is 4.72 Å². The average molecular weight is 341 g/mol. The number of halogens is 2. The number of aromatic nitrogens is 2. The summed E-state index contributed by atoms with van der Waals surface area (Å²) in [6.07, 6.45) is 3.05. The highest BCUT2D eigenvalue weighted by Gasteiger charge is 2.29. The zero-order chi connectivity index (χ0) is 17.4. The maximum absolute atomic E-state index is 14.4. The predicted molar refractivity (Wildman–Crippen MR) is 87.7 cm³/mol. The summed E-state index contributed by atoms with van der Waals surface area (Å²) in [5.41, 5.74) is 0.946. The molecule has 126 valence electrons. The van der Waals surface area contributed by atoms with Crippen LogP contribution in [-0.4, -0.2) is 18.9 Å². The van der Waals surface area contributed by atoms with Gasteiger partial charge in [-0.15, -0.1) is 4.72 Å². The average Bonchev–Trinajstić information content (AvgIpc) is 2.86. The Morgan fingerprint density at radius 2 is 1.91 bits per heavy atom. The molecule has 0 saturated carbocycles. The highest BCUT2D eigenvalue weighted by molar-refractivity contribution is 7.90. The van der Waals surface area contributed by atoms with E-state index in [2.05, 4.69) is 9.71 Å². The van der Waals surface area contributed by atoms with Gasteiger partial charge in [-0.2, -0.15) is 0 Å². The smallest absolute Gasteiger partial charge is 0.147 e. The summed E-state index contributed by atoms with van der Waals surface area (Å²) >= 11 is -1.38. The largest absolute Gasteiger partial charge is 0.598 e. The van der Waals surface area contributed by atoms with Crippen LogP contribution in [0.1, 0.15) is 45.0 Å². The van der Waals surface area contributed by atoms with Gasteiger partial charge in [-0.1, -0.05) is 0 Å². The first-order valence-corrected chi connectivity index (χ1v) is 8.42. The number of imidazole rings is 1. The third-order valence-corrected chi connectivity index (χ3v) is 5.04. The lowest BCUT2D eigenvalue weighted by molar-refractivity contribution is 0.518. The highest BCUT2D eigenvalue weighted by atomic mass is 32.2. The summed E-state index contributed by atoms with van der Waals surface area (Å²) in [6.45, 7) is 8.86. The van der Waals surface area contributed by atoms with Crippen LogP contribution in [0.25, 0.3) is 5.69 Å². The van der Waals surface area contributed by atoms with Crippen molar-refractivity contribution in [1.82, 2.24) is 14.3 Å². The molecule has 7 heteroatoms. The lowest BCUT2D eigenvalue weighted by Crippen LogP contribution is -2.40. The Labute approximate surface area is 138 Å². The van der Waals surface area contributed by atoms with Crippen LogP contribution in [0.4, 0.5) is 8.78 Å². The molecule has 1 aromatic carbocycles. The quantitative estimate of drug-likeness (QED) is 0.865. The van der Waals surface area contributed by atoms with Crippen LogP contribution in [0.2, 0.25) is 0 Å². The van der Waals surface area contributed by atoms with E-state index in [0.717, 1.165) is 12.1 Å². The van der Waals surface area contributed by atoms with E-state index in [1.807, 2.05) is 20.8 Å². The van der Waals surface area contributed by atoms with Gasteiger partial charge in [0, 0.05) is 29.2 Å². The van der Waals surface area contributed by atoms with Crippen molar-refractivity contribution in [2.45, 2.75) is 45.4 Å². The fourth-order valence-electron chi connectivity index (χ4n) is 2.04. The summed E-state index contributed by atoms with van der Waals surface area (Å²) in [4.78, 5) is 4.01. The Morgan fingerprint density at radius 3 is 2.43 bits per heavy atom. The minimum Gasteiger partial charge on any atom is -0.598 e. The van der Waals surface area contributed by atoms with E-state index in [4.69, 9.17) is 0 Å². The Balaban J connectivity index is 2.29. The van der Waals surface area contributed by atoms with E-state index < -0.39 is 33.8 Å². The highest BCUT2D eigenvalue weighted by Crippen LogP contribution is 2.25. The van der Waals surface area contributed by atoms with Gasteiger partial charge < -0.3 is 9.12 Å². The molecule has 0 spiro atoms. The molecule has 0 saturated heterocycles. The van der Waals surface area contributed by atoms with Crippen LogP contribution in [0.5, 0.6) is 0 Å². The van der Waals surface area contributed by atoms with Gasteiger partial charge in [-0.3, -0.25) is 0 Å². The zero-order valence-corrected chi connectivity index (χ0v) is 14.7. The molecule has 0 fully saturated rings. The predicted octanol–water partition coefficient (Wildman–Crippen LogP) is 3.57. The Morgan fingerprint density at radius 1 is 1.26 bits per heavy atom. The Hall–Kier alpha value is -1.44. The van der Waals surface area contributed by atoms with Crippen molar-refractivity contribution in [3.05, 3.63) is 47.5 Å². The third-order valence-electron chi connectivity index (χ3n) is 3.36. The fourth-order valence-corrected chi connectivity index (χ4v) is 2.84. The minimum atomic E-state index is -1.38. The number of rotatable bonds is 4. The first-order chi connectivity index (χ1) is 10.6. The molecule has 0 unspecified atom stereocenters. The van der Waals surface area contributed by atoms with Crippen molar-refractivity contribution in [1.29, 1.82) is 0 Å². The normalized spacial score (nSPS) is 14.8. The Kier molecular flexibility index (Phi) is 5.13. The Bertz CT molecular complexity index is 697. The molecule has 23 heavy (non-hydrogen) atoms. The van der Waals surface area contributed by atoms with Gasteiger partial charge in [0.2, 0.25) is 0 Å². The molecule has 0 aliphatic carbocycles. The standard InChI is InChI=1S/C16H21F2N3OS/c1-10-8-21(9-19-10)15-7-13(17)12(6-14(15)18)11(2)20-23(22)16(3,4)5/h6-9,11,20H,1-5H3/t11-,23+/m0/s1. The van der Waals surface area contributed by atoms with Crippen molar-refractivity contribution < 1.29 is 13.3 Å². The second-order valence-electron chi connectivity index (χ2n) is 6.47. The first-order valence-electron chi connectivity index (χ1n) is 7.27. The molecule has 1 N–H and O–H groups in total. The molecule has 2 aromatic rings. The van der Waals surface area contributed by atoms with E-state index in [0.29, 0.717) is 5.69 Å². The molecular weight excluding hydrogens is 320 g/mol. The van der Waals surface area contributed by atoms with Gasteiger partial charge in [0.25, 0.3) is 0 Å². The summed E-state index contributed by atoms with van der Waals surface area (Å²) in [5, 5.41) is 0. The van der Waals surface area contributed by atoms with Gasteiger partial charge in [0.15, 0.2) is 0 Å². The second-order valence-corrected chi connectivity index (χ2v) is 8.47. The van der Waals surface area contributed by atoms with E-state index in [-0.39, 0.29) is 11.3 Å². The number of aryl methyl sites for hydroxylation is 1. The van der Waals surface area contributed by atoms with Gasteiger partial charge in [0.05, 0.1) is 23.8 Å². The third kappa shape index (κ3) is 4.10. The van der Waals surface area contributed by atoms with Gasteiger partial charge >= 0.3 is 0 Å². The van der Waals surface area contributed by atoms with Crippen molar-refractivity contribution in [3.8, 4) is 5.69 Å². The summed E-state index contributed by atoms with van der Waals surface area (Å²) < 4.78 is 44.6. The SMILES string of the molecule is Cc1cn(-c2cc(F)c([C@H](C)N[S@+]([O-])C(C)(C)C)cc2F)cn1. The van der Waals surface area contributed by atoms with Crippen molar-refractivity contribution >= 4 is 11.4 Å². The molecule has 0 aliphatic rings. The van der Waals surface area contributed by atoms with E-state index in [9.17, 15) is 13.3 Å². The first kappa shape index (κ1) is 17.9. The topological polar surface area (TPSA) is 52.9 Å². The summed E-state index contributed by atoms with van der Waals surface area (Å²) in [7, 11) is 0. The summed E-state index contributed by atoms with van der Waals surface area (Å²) in [5.74, 6) is -1.12. The van der Waals surface area contributed by atoms with E-state index in [1.54, 1.807) is 20.0 Å². The van der Waals surface area contributed by atoms with Crippen LogP contribution in [0, 0.1) is 18.6 Å². The van der Waals surface area contributed by atoms with Crippen molar-refractivity contribution in [3.63, 3.8) is 0 Å². The van der Waals surface area contributed by atoms with Crippen LogP contribution in [-0.2, 0) is 11.4 Å². The number of hydrogen-bond donors (Lipinski definition) is 1. The van der Waals surface area contributed by atoms with Crippen molar-refractivity contribution in [2.75, 3.05) is 0 Å². The van der Waals surface area contributed by atoms with Gasteiger partial charge in [-0.25, -0.2) is 13.8 Å². The lowest BCUT2D eigenvalue weighted by Gasteiger charge is -2.26. The van der Waals surface area contributed by atoms with Crippen molar-refractivity contribution in [2.24, 2.45) is 0 Å². The molecule has 0 aliphatic heterocycles. The zero-order valence-electron chi connectivity index (χ0n) is 13.9. The molecule has 4 nitrogen and oxygen atoms in total. The minimum absolute atomic E-state index is 0.0935. The molecule has 0 radical (unpaired) electrons. The van der Waals surface area contributed by atoms with Gasteiger partial charge in [0.1, 0.15) is 16.4 Å². The maximum Gasteiger partial charge on any atom is 0.147 e. The molecule has 1 aromatic heterocycles. The number of nitrogens with zero attached hydrogens (tertiary/aromatic N) is 2. The molecule has 2 rings (SSSR count). The molecule has 1 heterocycles. The van der Waals surface area contributed by atoms with Crippen LogP contribution in [0.15, 0.2) is 24.7 Å². The van der Waals surface area contributed by atoms with E-state index in [1.165, 1.54) is 10.9 Å². The molecule has 0 bridgehead atoms.